The van der Waals surface area contributed by atoms with Crippen molar-refractivity contribution in [2.24, 2.45) is 0 Å². The summed E-state index contributed by atoms with van der Waals surface area (Å²) in [4.78, 5) is 3.96. The third-order valence-corrected chi connectivity index (χ3v) is 3.39. The highest BCUT2D eigenvalue weighted by molar-refractivity contribution is 9.11. The summed E-state index contributed by atoms with van der Waals surface area (Å²) in [6, 6.07) is 7.26. The number of anilines is 1. The lowest BCUT2D eigenvalue weighted by Crippen LogP contribution is -1.91. The van der Waals surface area contributed by atoms with Crippen molar-refractivity contribution in [2.75, 3.05) is 5.73 Å². The monoisotopic (exact) mass is 342 g/mol. The minimum atomic E-state index is 0.641. The summed E-state index contributed by atoms with van der Waals surface area (Å²) in [5, 5.41) is 0. The molecule has 1 aromatic heterocycles. The summed E-state index contributed by atoms with van der Waals surface area (Å²) in [6.45, 7) is 0. The van der Waals surface area contributed by atoms with Crippen LogP contribution < -0.4 is 10.5 Å². The van der Waals surface area contributed by atoms with Crippen LogP contribution in [0.15, 0.2) is 45.6 Å². The number of pyridine rings is 1. The normalized spacial score (nSPS) is 10.1. The van der Waals surface area contributed by atoms with Crippen molar-refractivity contribution in [3.05, 3.63) is 45.6 Å². The van der Waals surface area contributed by atoms with Gasteiger partial charge in [0.05, 0.1) is 8.95 Å². The van der Waals surface area contributed by atoms with E-state index < -0.39 is 0 Å². The molecule has 0 radical (unpaired) electrons. The first-order valence-electron chi connectivity index (χ1n) is 4.50. The maximum Gasteiger partial charge on any atom is 0.144 e. The number of nitrogen functional groups attached to an aromatic ring is 1. The topological polar surface area (TPSA) is 48.1 Å². The average molecular weight is 344 g/mol. The zero-order valence-corrected chi connectivity index (χ0v) is 11.3. The van der Waals surface area contributed by atoms with E-state index in [1.54, 1.807) is 24.5 Å². The van der Waals surface area contributed by atoms with E-state index in [-0.39, 0.29) is 0 Å². The maximum absolute atomic E-state index is 5.76. The molecule has 82 valence electrons. The van der Waals surface area contributed by atoms with Crippen LogP contribution in [0.2, 0.25) is 0 Å². The minimum Gasteiger partial charge on any atom is -0.455 e. The van der Waals surface area contributed by atoms with Crippen LogP contribution in [0.4, 0.5) is 5.69 Å². The Kier molecular flexibility index (Phi) is 3.46. The van der Waals surface area contributed by atoms with Gasteiger partial charge in [-0.1, -0.05) is 6.07 Å². The highest BCUT2D eigenvalue weighted by Gasteiger charge is 2.07. The van der Waals surface area contributed by atoms with E-state index >= 15 is 0 Å². The number of ether oxygens (including phenoxy) is 1. The van der Waals surface area contributed by atoms with Gasteiger partial charge in [0.2, 0.25) is 0 Å². The molecule has 0 unspecified atom stereocenters. The Morgan fingerprint density at radius 1 is 1.12 bits per heavy atom. The molecule has 0 bridgehead atoms. The molecule has 0 atom stereocenters. The van der Waals surface area contributed by atoms with Gasteiger partial charge in [-0.15, -0.1) is 0 Å². The molecule has 1 heterocycles. The number of aromatic nitrogens is 1. The lowest BCUT2D eigenvalue weighted by Gasteiger charge is -2.09. The van der Waals surface area contributed by atoms with Crippen LogP contribution in [0.1, 0.15) is 0 Å². The second-order valence-corrected chi connectivity index (χ2v) is 4.71. The van der Waals surface area contributed by atoms with Gasteiger partial charge in [0, 0.05) is 24.1 Å². The Morgan fingerprint density at radius 2 is 1.94 bits per heavy atom. The third-order valence-electron chi connectivity index (χ3n) is 1.95. The molecule has 2 aromatic rings. The van der Waals surface area contributed by atoms with E-state index in [1.165, 1.54) is 0 Å². The quantitative estimate of drug-likeness (QED) is 0.839. The maximum atomic E-state index is 5.76. The van der Waals surface area contributed by atoms with Gasteiger partial charge in [0.25, 0.3) is 0 Å². The van der Waals surface area contributed by atoms with E-state index in [4.69, 9.17) is 10.5 Å². The van der Waals surface area contributed by atoms with Gasteiger partial charge < -0.3 is 10.5 Å². The van der Waals surface area contributed by atoms with Crippen molar-refractivity contribution in [1.82, 2.24) is 4.98 Å². The lowest BCUT2D eigenvalue weighted by molar-refractivity contribution is 0.476. The van der Waals surface area contributed by atoms with Crippen LogP contribution in [0.3, 0.4) is 0 Å². The molecule has 2 rings (SSSR count). The molecule has 0 saturated carbocycles. The first-order valence-corrected chi connectivity index (χ1v) is 6.08. The van der Waals surface area contributed by atoms with Crippen molar-refractivity contribution in [2.45, 2.75) is 0 Å². The van der Waals surface area contributed by atoms with Gasteiger partial charge in [-0.2, -0.15) is 0 Å². The Morgan fingerprint density at radius 3 is 2.69 bits per heavy atom. The number of halogens is 2. The molecule has 0 aliphatic heterocycles. The van der Waals surface area contributed by atoms with Crippen molar-refractivity contribution in [3.8, 4) is 11.5 Å². The average Bonchev–Trinajstić information content (AvgIpc) is 2.28. The second kappa shape index (κ2) is 4.84. The van der Waals surface area contributed by atoms with Gasteiger partial charge >= 0.3 is 0 Å². The molecule has 3 nitrogen and oxygen atoms in total. The number of hydrogen-bond acceptors (Lipinski definition) is 3. The third kappa shape index (κ3) is 2.36. The first kappa shape index (κ1) is 11.4. The highest BCUT2D eigenvalue weighted by Crippen LogP contribution is 2.35. The molecule has 0 aliphatic rings. The van der Waals surface area contributed by atoms with Crippen LogP contribution in [0.25, 0.3) is 0 Å². The van der Waals surface area contributed by atoms with Crippen molar-refractivity contribution < 1.29 is 4.74 Å². The van der Waals surface area contributed by atoms with Crippen LogP contribution in [-0.2, 0) is 0 Å². The van der Waals surface area contributed by atoms with Gasteiger partial charge in [-0.25, -0.2) is 0 Å². The van der Waals surface area contributed by atoms with E-state index in [9.17, 15) is 0 Å². The van der Waals surface area contributed by atoms with E-state index in [1.807, 2.05) is 12.1 Å². The Bertz CT molecular complexity index is 517. The second-order valence-electron chi connectivity index (χ2n) is 3.07. The zero-order valence-electron chi connectivity index (χ0n) is 8.15. The number of hydrogen-bond donors (Lipinski definition) is 1. The molecule has 0 spiro atoms. The lowest BCUT2D eigenvalue weighted by atomic mass is 10.3. The first-order chi connectivity index (χ1) is 7.68. The molecule has 0 fully saturated rings. The largest absolute Gasteiger partial charge is 0.455 e. The molecule has 0 aliphatic carbocycles. The molecular weight excluding hydrogens is 336 g/mol. The van der Waals surface area contributed by atoms with Crippen molar-refractivity contribution in [1.29, 1.82) is 0 Å². The molecule has 0 amide bonds. The predicted molar refractivity (Wildman–Crippen MR) is 70.6 cm³/mol. The molecular formula is C11H8Br2N2O. The van der Waals surface area contributed by atoms with Gasteiger partial charge in [-0.05, 0) is 44.0 Å². The SMILES string of the molecule is Nc1cccc(Oc2ccncc2Br)c1Br. The van der Waals surface area contributed by atoms with E-state index in [0.29, 0.717) is 17.2 Å². The minimum absolute atomic E-state index is 0.641. The van der Waals surface area contributed by atoms with E-state index in [2.05, 4.69) is 36.8 Å². The summed E-state index contributed by atoms with van der Waals surface area (Å²) in [5.74, 6) is 1.37. The summed E-state index contributed by atoms with van der Waals surface area (Å²) < 4.78 is 7.25. The Balaban J connectivity index is 2.35. The van der Waals surface area contributed by atoms with Crippen LogP contribution in [0, 0.1) is 0 Å². The van der Waals surface area contributed by atoms with Crippen LogP contribution in [0.5, 0.6) is 11.5 Å². The molecule has 5 heteroatoms. The number of rotatable bonds is 2. The molecule has 1 aromatic carbocycles. The summed E-state index contributed by atoms with van der Waals surface area (Å²) in [5.41, 5.74) is 6.40. The highest BCUT2D eigenvalue weighted by atomic mass is 79.9. The number of benzene rings is 1. The molecule has 0 saturated heterocycles. The van der Waals surface area contributed by atoms with E-state index in [0.717, 1.165) is 8.95 Å². The fourth-order valence-corrected chi connectivity index (χ4v) is 1.85. The molecule has 16 heavy (non-hydrogen) atoms. The Hall–Kier alpha value is -1.07. The predicted octanol–water partition coefficient (Wildman–Crippen LogP) is 3.98. The number of nitrogens with two attached hydrogens (primary N) is 1. The van der Waals surface area contributed by atoms with Crippen LogP contribution in [-0.4, -0.2) is 4.98 Å². The summed E-state index contributed by atoms with van der Waals surface area (Å²) >= 11 is 6.74. The summed E-state index contributed by atoms with van der Waals surface area (Å²) in [7, 11) is 0. The smallest absolute Gasteiger partial charge is 0.144 e. The Labute approximate surface area is 110 Å². The summed E-state index contributed by atoms with van der Waals surface area (Å²) in [6.07, 6.45) is 3.34. The van der Waals surface area contributed by atoms with Gasteiger partial charge in [0.1, 0.15) is 11.5 Å². The van der Waals surface area contributed by atoms with Crippen molar-refractivity contribution in [3.63, 3.8) is 0 Å². The standard InChI is InChI=1S/C11H8Br2N2O/c12-7-6-15-5-4-9(7)16-10-3-1-2-8(14)11(10)13/h1-6H,14H2. The van der Waals surface area contributed by atoms with Gasteiger partial charge in [0.15, 0.2) is 0 Å². The molecule has 2 N–H and O–H groups in total. The zero-order chi connectivity index (χ0) is 11.5. The fraction of sp³-hybridized carbons (Fsp3) is 0. The van der Waals surface area contributed by atoms with Crippen molar-refractivity contribution >= 4 is 37.5 Å². The van der Waals surface area contributed by atoms with Crippen LogP contribution >= 0.6 is 31.9 Å². The fourth-order valence-electron chi connectivity index (χ4n) is 1.17. The van der Waals surface area contributed by atoms with Gasteiger partial charge in [-0.3, -0.25) is 4.98 Å². The number of nitrogens with zero attached hydrogens (tertiary/aromatic N) is 1.